The van der Waals surface area contributed by atoms with Gasteiger partial charge >= 0.3 is 0 Å². The second kappa shape index (κ2) is 4.01. The van der Waals surface area contributed by atoms with E-state index in [0.717, 1.165) is 25.2 Å². The van der Waals surface area contributed by atoms with Crippen LogP contribution in [-0.2, 0) is 13.0 Å². The number of fused-ring (bicyclic) bond motifs is 1. The van der Waals surface area contributed by atoms with Gasteiger partial charge in [0.05, 0.1) is 10.8 Å². The Kier molecular flexibility index (Phi) is 2.73. The number of hydrogen-bond donors (Lipinski definition) is 0. The molecule has 2 rings (SSSR count). The third-order valence-corrected chi connectivity index (χ3v) is 2.69. The number of thiocarbonyl (C=S) groups is 1. The van der Waals surface area contributed by atoms with Crippen LogP contribution >= 0.6 is 12.2 Å². The lowest BCUT2D eigenvalue weighted by Gasteiger charge is -2.25. The Morgan fingerprint density at radius 1 is 1.50 bits per heavy atom. The molecule has 1 heterocycles. The molecule has 0 spiro atoms. The van der Waals surface area contributed by atoms with Crippen LogP contribution in [0.4, 0.5) is 5.69 Å². The van der Waals surface area contributed by atoms with Crippen molar-refractivity contribution >= 4 is 23.1 Å². The van der Waals surface area contributed by atoms with Gasteiger partial charge in [0.2, 0.25) is 0 Å². The van der Waals surface area contributed by atoms with E-state index in [0.29, 0.717) is 0 Å². The number of aliphatic imine (C=N–C) groups is 1. The molecular weight excluding hydrogens is 192 g/mol. The first-order chi connectivity index (χ1) is 6.81. The van der Waals surface area contributed by atoms with E-state index < -0.39 is 0 Å². The number of rotatable bonds is 1. The van der Waals surface area contributed by atoms with Gasteiger partial charge in [-0.3, -0.25) is 0 Å². The molecule has 0 fully saturated rings. The average Bonchev–Trinajstić information content (AvgIpc) is 2.18. The summed E-state index contributed by atoms with van der Waals surface area (Å²) in [7, 11) is 2.14. The SMILES string of the molecule is CN1CCc2c(cccc2N=C=S)C1. The lowest BCUT2D eigenvalue weighted by Crippen LogP contribution is -2.26. The largest absolute Gasteiger partial charge is 0.302 e. The van der Waals surface area contributed by atoms with Crippen LogP contribution in [0.3, 0.4) is 0 Å². The van der Waals surface area contributed by atoms with Gasteiger partial charge in [-0.2, -0.15) is 4.99 Å². The quantitative estimate of drug-likeness (QED) is 0.515. The standard InChI is InChI=1S/C11H12N2S/c1-13-6-5-10-9(7-13)3-2-4-11(10)12-8-14/h2-4H,5-7H2,1H3. The molecule has 0 amide bonds. The van der Waals surface area contributed by atoms with Crippen molar-refractivity contribution in [2.75, 3.05) is 13.6 Å². The molecular formula is C11H12N2S. The van der Waals surface area contributed by atoms with Crippen molar-refractivity contribution in [3.8, 4) is 0 Å². The van der Waals surface area contributed by atoms with Crippen LogP contribution < -0.4 is 0 Å². The topological polar surface area (TPSA) is 15.6 Å². The summed E-state index contributed by atoms with van der Waals surface area (Å²) in [5, 5.41) is 2.44. The third kappa shape index (κ3) is 1.75. The smallest absolute Gasteiger partial charge is 0.0775 e. The highest BCUT2D eigenvalue weighted by Gasteiger charge is 2.15. The number of likely N-dealkylation sites (N-methyl/N-ethyl adjacent to an activating group) is 1. The molecule has 1 aromatic carbocycles. The minimum atomic E-state index is 0.991. The Morgan fingerprint density at radius 3 is 3.14 bits per heavy atom. The summed E-state index contributed by atoms with van der Waals surface area (Å²) in [6.45, 7) is 2.10. The maximum atomic E-state index is 4.64. The molecule has 72 valence electrons. The highest BCUT2D eigenvalue weighted by molar-refractivity contribution is 7.78. The van der Waals surface area contributed by atoms with E-state index in [1.54, 1.807) is 0 Å². The fraction of sp³-hybridized carbons (Fsp3) is 0.364. The fourth-order valence-corrected chi connectivity index (χ4v) is 1.98. The first-order valence-corrected chi connectivity index (χ1v) is 5.09. The van der Waals surface area contributed by atoms with Gasteiger partial charge in [0.25, 0.3) is 0 Å². The molecule has 1 aliphatic heterocycles. The van der Waals surface area contributed by atoms with E-state index in [2.05, 4.69) is 40.4 Å². The monoisotopic (exact) mass is 204 g/mol. The number of nitrogens with zero attached hydrogens (tertiary/aromatic N) is 2. The second-order valence-corrected chi connectivity index (χ2v) is 3.79. The first kappa shape index (κ1) is 9.53. The van der Waals surface area contributed by atoms with Crippen molar-refractivity contribution in [3.05, 3.63) is 29.3 Å². The fourth-order valence-electron chi connectivity index (χ4n) is 1.88. The summed E-state index contributed by atoms with van der Waals surface area (Å²) >= 11 is 4.64. The van der Waals surface area contributed by atoms with Gasteiger partial charge in [0.1, 0.15) is 0 Å². The predicted octanol–water partition coefficient (Wildman–Crippen LogP) is 2.41. The summed E-state index contributed by atoms with van der Waals surface area (Å²) in [6.07, 6.45) is 1.06. The van der Waals surface area contributed by atoms with Gasteiger partial charge in [-0.1, -0.05) is 12.1 Å². The number of hydrogen-bond acceptors (Lipinski definition) is 3. The Morgan fingerprint density at radius 2 is 2.36 bits per heavy atom. The Labute approximate surface area is 89.3 Å². The van der Waals surface area contributed by atoms with Crippen molar-refractivity contribution in [1.82, 2.24) is 4.90 Å². The van der Waals surface area contributed by atoms with E-state index in [4.69, 9.17) is 0 Å². The molecule has 0 saturated heterocycles. The molecule has 0 unspecified atom stereocenters. The van der Waals surface area contributed by atoms with Crippen LogP contribution in [0.2, 0.25) is 0 Å². The van der Waals surface area contributed by atoms with E-state index in [1.807, 2.05) is 12.1 Å². The van der Waals surface area contributed by atoms with Gasteiger partial charge in [-0.05, 0) is 42.9 Å². The number of isothiocyanates is 1. The summed E-state index contributed by atoms with van der Waals surface area (Å²) in [5.74, 6) is 0. The van der Waals surface area contributed by atoms with Gasteiger partial charge < -0.3 is 4.90 Å². The summed E-state index contributed by atoms with van der Waals surface area (Å²) in [5.41, 5.74) is 3.69. The molecule has 3 heteroatoms. The van der Waals surface area contributed by atoms with Crippen LogP contribution in [-0.4, -0.2) is 23.7 Å². The highest BCUT2D eigenvalue weighted by atomic mass is 32.1. The van der Waals surface area contributed by atoms with Gasteiger partial charge in [-0.15, -0.1) is 0 Å². The van der Waals surface area contributed by atoms with Crippen molar-refractivity contribution in [3.63, 3.8) is 0 Å². The molecule has 14 heavy (non-hydrogen) atoms. The van der Waals surface area contributed by atoms with Crippen molar-refractivity contribution in [2.24, 2.45) is 4.99 Å². The molecule has 1 aliphatic rings. The lowest BCUT2D eigenvalue weighted by molar-refractivity contribution is 0.313. The normalized spacial score (nSPS) is 15.8. The summed E-state index contributed by atoms with van der Waals surface area (Å²) < 4.78 is 0. The van der Waals surface area contributed by atoms with Gasteiger partial charge in [0, 0.05) is 13.1 Å². The van der Waals surface area contributed by atoms with E-state index in [9.17, 15) is 0 Å². The van der Waals surface area contributed by atoms with Crippen LogP contribution in [0.25, 0.3) is 0 Å². The molecule has 2 nitrogen and oxygen atoms in total. The molecule has 0 atom stereocenters. The maximum absolute atomic E-state index is 4.64. The van der Waals surface area contributed by atoms with Crippen molar-refractivity contribution in [2.45, 2.75) is 13.0 Å². The van der Waals surface area contributed by atoms with E-state index in [1.165, 1.54) is 11.1 Å². The average molecular weight is 204 g/mol. The molecule has 0 aromatic heterocycles. The Balaban J connectivity index is 2.46. The van der Waals surface area contributed by atoms with Gasteiger partial charge in [-0.25, -0.2) is 0 Å². The van der Waals surface area contributed by atoms with Crippen LogP contribution in [0.1, 0.15) is 11.1 Å². The maximum Gasteiger partial charge on any atom is 0.0775 e. The van der Waals surface area contributed by atoms with Gasteiger partial charge in [0.15, 0.2) is 0 Å². The lowest BCUT2D eigenvalue weighted by atomic mass is 9.98. The van der Waals surface area contributed by atoms with Crippen molar-refractivity contribution < 1.29 is 0 Å². The Bertz CT molecular complexity index is 394. The minimum Gasteiger partial charge on any atom is -0.302 e. The minimum absolute atomic E-state index is 0.991. The second-order valence-electron chi connectivity index (χ2n) is 3.61. The zero-order valence-corrected chi connectivity index (χ0v) is 8.97. The zero-order valence-electron chi connectivity index (χ0n) is 8.16. The molecule has 0 aliphatic carbocycles. The molecule has 0 saturated carbocycles. The summed E-state index contributed by atoms with van der Waals surface area (Å²) in [6, 6.07) is 6.19. The highest BCUT2D eigenvalue weighted by Crippen LogP contribution is 2.27. The van der Waals surface area contributed by atoms with E-state index >= 15 is 0 Å². The van der Waals surface area contributed by atoms with Crippen LogP contribution in [0, 0.1) is 0 Å². The predicted molar refractivity (Wildman–Crippen MR) is 61.2 cm³/mol. The third-order valence-electron chi connectivity index (χ3n) is 2.60. The Hall–Kier alpha value is -1.02. The van der Waals surface area contributed by atoms with Crippen LogP contribution in [0.5, 0.6) is 0 Å². The molecule has 0 N–H and O–H groups in total. The molecule has 0 bridgehead atoms. The molecule has 1 aromatic rings. The zero-order chi connectivity index (χ0) is 9.97. The molecule has 0 radical (unpaired) electrons. The van der Waals surface area contributed by atoms with Crippen molar-refractivity contribution in [1.29, 1.82) is 0 Å². The van der Waals surface area contributed by atoms with Crippen LogP contribution in [0.15, 0.2) is 23.2 Å². The van der Waals surface area contributed by atoms with E-state index in [-0.39, 0.29) is 0 Å². The number of benzene rings is 1. The summed E-state index contributed by atoms with van der Waals surface area (Å²) in [4.78, 5) is 6.40. The first-order valence-electron chi connectivity index (χ1n) is 4.68.